The molecule has 1 aliphatic heterocycles. The molecule has 0 bridgehead atoms. The number of hydrogen-bond donors (Lipinski definition) is 1. The van der Waals surface area contributed by atoms with Crippen molar-refractivity contribution >= 4 is 5.91 Å². The number of hydrogen-bond acceptors (Lipinski definition) is 5. The summed E-state index contributed by atoms with van der Waals surface area (Å²) in [5, 5.41) is 15.3. The van der Waals surface area contributed by atoms with E-state index in [9.17, 15) is 18.0 Å². The van der Waals surface area contributed by atoms with Crippen LogP contribution in [0.5, 0.6) is 0 Å². The van der Waals surface area contributed by atoms with Gasteiger partial charge < -0.3 is 14.7 Å². The van der Waals surface area contributed by atoms with Gasteiger partial charge in [-0.1, -0.05) is 17.3 Å². The highest BCUT2D eigenvalue weighted by Gasteiger charge is 2.30. The molecule has 130 valence electrons. The summed E-state index contributed by atoms with van der Waals surface area (Å²) in [7, 11) is 0. The van der Waals surface area contributed by atoms with Gasteiger partial charge in [-0.2, -0.15) is 18.4 Å². The normalized spacial score (nSPS) is 17.4. The minimum atomic E-state index is -4.41. The molecule has 0 aliphatic carbocycles. The molecular formula is C16H13F3N4O2. The summed E-state index contributed by atoms with van der Waals surface area (Å²) in [6.45, 7) is 1.01. The van der Waals surface area contributed by atoms with Gasteiger partial charge in [0, 0.05) is 30.8 Å². The Labute approximate surface area is 140 Å². The van der Waals surface area contributed by atoms with Gasteiger partial charge in [-0.3, -0.25) is 4.79 Å². The summed E-state index contributed by atoms with van der Waals surface area (Å²) in [5.74, 6) is -0.513. The summed E-state index contributed by atoms with van der Waals surface area (Å²) >= 11 is 0. The molecule has 1 saturated heterocycles. The average molecular weight is 350 g/mol. The number of amides is 1. The summed E-state index contributed by atoms with van der Waals surface area (Å²) in [6, 6.07) is 5.63. The molecule has 2 aromatic rings. The van der Waals surface area contributed by atoms with Crippen LogP contribution in [0.25, 0.3) is 11.3 Å². The molecule has 1 amide bonds. The average Bonchev–Trinajstić information content (AvgIpc) is 3.23. The maximum absolute atomic E-state index is 12.6. The van der Waals surface area contributed by atoms with Crippen molar-refractivity contribution in [2.45, 2.75) is 18.6 Å². The lowest BCUT2D eigenvalue weighted by Crippen LogP contribution is -2.36. The van der Waals surface area contributed by atoms with E-state index in [1.165, 1.54) is 18.2 Å². The molecular weight excluding hydrogens is 337 g/mol. The first-order chi connectivity index (χ1) is 11.9. The van der Waals surface area contributed by atoms with Crippen molar-refractivity contribution in [3.63, 3.8) is 0 Å². The minimum Gasteiger partial charge on any atom is -0.350 e. The van der Waals surface area contributed by atoms with Crippen molar-refractivity contribution < 1.29 is 22.5 Å². The third-order valence-corrected chi connectivity index (χ3v) is 3.91. The Morgan fingerprint density at radius 2 is 2.08 bits per heavy atom. The molecule has 2 heterocycles. The number of alkyl halides is 3. The van der Waals surface area contributed by atoms with E-state index in [2.05, 4.69) is 10.5 Å². The van der Waals surface area contributed by atoms with Gasteiger partial charge in [0.1, 0.15) is 5.69 Å². The number of rotatable bonds is 3. The van der Waals surface area contributed by atoms with Crippen molar-refractivity contribution in [3.05, 3.63) is 41.7 Å². The molecule has 1 aliphatic rings. The molecule has 1 aromatic carbocycles. The van der Waals surface area contributed by atoms with Crippen LogP contribution in [0.3, 0.4) is 0 Å². The first-order valence-electron chi connectivity index (χ1n) is 7.46. The topological polar surface area (TPSA) is 82.2 Å². The third-order valence-electron chi connectivity index (χ3n) is 3.91. The van der Waals surface area contributed by atoms with E-state index >= 15 is 0 Å². The lowest BCUT2D eigenvalue weighted by molar-refractivity contribution is -0.137. The predicted octanol–water partition coefficient (Wildman–Crippen LogP) is 2.65. The molecule has 1 aromatic heterocycles. The molecule has 9 heteroatoms. The van der Waals surface area contributed by atoms with Crippen molar-refractivity contribution in [2.24, 2.45) is 0 Å². The first-order valence-corrected chi connectivity index (χ1v) is 7.46. The molecule has 1 atom stereocenters. The Balaban J connectivity index is 1.68. The van der Waals surface area contributed by atoms with Crippen molar-refractivity contribution in [1.29, 1.82) is 5.26 Å². The number of benzene rings is 1. The Bertz CT molecular complexity index is 808. The lowest BCUT2D eigenvalue weighted by atomic mass is 10.1. The van der Waals surface area contributed by atoms with Crippen LogP contribution in [-0.4, -0.2) is 35.1 Å². The standard InChI is InChI=1S/C16H13F3N4O2/c17-16(18,19)11-3-1-10(2-4-11)13-7-14(25-22-13)15(24)21-12-5-6-23(8-12)9-20/h1-4,7,12H,5-6,8H2,(H,21,24)/t12-/m1/s1. The van der Waals surface area contributed by atoms with Gasteiger partial charge in [0.25, 0.3) is 5.91 Å². The SMILES string of the molecule is N#CN1CC[C@@H](NC(=O)c2cc(-c3ccc(C(F)(F)F)cc3)no2)C1. The van der Waals surface area contributed by atoms with Gasteiger partial charge in [0.15, 0.2) is 6.19 Å². The smallest absolute Gasteiger partial charge is 0.350 e. The van der Waals surface area contributed by atoms with Crippen LogP contribution < -0.4 is 5.32 Å². The van der Waals surface area contributed by atoms with E-state index < -0.39 is 17.6 Å². The lowest BCUT2D eigenvalue weighted by Gasteiger charge is -2.10. The van der Waals surface area contributed by atoms with E-state index in [1.807, 2.05) is 6.19 Å². The van der Waals surface area contributed by atoms with Crippen LogP contribution >= 0.6 is 0 Å². The zero-order valence-corrected chi connectivity index (χ0v) is 12.9. The quantitative estimate of drug-likeness (QED) is 0.861. The van der Waals surface area contributed by atoms with E-state index in [0.717, 1.165) is 12.1 Å². The van der Waals surface area contributed by atoms with E-state index in [1.54, 1.807) is 4.90 Å². The summed E-state index contributed by atoms with van der Waals surface area (Å²) in [4.78, 5) is 13.7. The second-order valence-corrected chi connectivity index (χ2v) is 5.66. The Hall–Kier alpha value is -3.02. The maximum atomic E-state index is 12.6. The Morgan fingerprint density at radius 1 is 1.36 bits per heavy atom. The predicted molar refractivity (Wildman–Crippen MR) is 80.0 cm³/mol. The van der Waals surface area contributed by atoms with Crippen LogP contribution in [0.2, 0.25) is 0 Å². The maximum Gasteiger partial charge on any atom is 0.416 e. The molecule has 1 N–H and O–H groups in total. The second-order valence-electron chi connectivity index (χ2n) is 5.66. The number of nitrogens with one attached hydrogen (secondary N) is 1. The number of aromatic nitrogens is 1. The molecule has 0 spiro atoms. The fourth-order valence-corrected chi connectivity index (χ4v) is 2.57. The largest absolute Gasteiger partial charge is 0.416 e. The fourth-order valence-electron chi connectivity index (χ4n) is 2.57. The zero-order chi connectivity index (χ0) is 18.0. The number of nitrogens with zero attached hydrogens (tertiary/aromatic N) is 3. The molecule has 6 nitrogen and oxygen atoms in total. The highest BCUT2D eigenvalue weighted by molar-refractivity contribution is 5.92. The van der Waals surface area contributed by atoms with Crippen LogP contribution in [0, 0.1) is 11.5 Å². The first kappa shape index (κ1) is 16.8. The van der Waals surface area contributed by atoms with Crippen molar-refractivity contribution in [1.82, 2.24) is 15.4 Å². The Morgan fingerprint density at radius 3 is 2.68 bits per heavy atom. The zero-order valence-electron chi connectivity index (χ0n) is 12.9. The van der Waals surface area contributed by atoms with Gasteiger partial charge in [0.05, 0.1) is 5.56 Å². The van der Waals surface area contributed by atoms with Crippen LogP contribution in [-0.2, 0) is 6.18 Å². The molecule has 0 saturated carbocycles. The number of likely N-dealkylation sites (tertiary alicyclic amines) is 1. The summed E-state index contributed by atoms with van der Waals surface area (Å²) in [5.41, 5.74) is -0.0859. The van der Waals surface area contributed by atoms with Crippen molar-refractivity contribution in [2.75, 3.05) is 13.1 Å². The van der Waals surface area contributed by atoms with Gasteiger partial charge >= 0.3 is 6.18 Å². The summed E-state index contributed by atoms with van der Waals surface area (Å²) < 4.78 is 42.7. The van der Waals surface area contributed by atoms with E-state index in [4.69, 9.17) is 9.78 Å². The van der Waals surface area contributed by atoms with Crippen molar-refractivity contribution in [3.8, 4) is 17.5 Å². The number of carbonyl (C=O) groups is 1. The molecule has 25 heavy (non-hydrogen) atoms. The fraction of sp³-hybridized carbons (Fsp3) is 0.312. The van der Waals surface area contributed by atoms with Gasteiger partial charge in [-0.15, -0.1) is 0 Å². The minimum absolute atomic E-state index is 0.0368. The number of carbonyl (C=O) groups excluding carboxylic acids is 1. The number of halogens is 3. The van der Waals surface area contributed by atoms with Gasteiger partial charge in [-0.05, 0) is 18.6 Å². The van der Waals surface area contributed by atoms with E-state index in [-0.39, 0.29) is 17.5 Å². The van der Waals surface area contributed by atoms with Crippen LogP contribution in [0.1, 0.15) is 22.5 Å². The van der Waals surface area contributed by atoms with E-state index in [0.29, 0.717) is 25.1 Å². The van der Waals surface area contributed by atoms with Gasteiger partial charge in [-0.25, -0.2) is 0 Å². The molecule has 0 radical (unpaired) electrons. The Kier molecular flexibility index (Phi) is 4.35. The third kappa shape index (κ3) is 3.74. The van der Waals surface area contributed by atoms with Gasteiger partial charge in [0.2, 0.25) is 5.76 Å². The second kappa shape index (κ2) is 6.47. The highest BCUT2D eigenvalue weighted by Crippen LogP contribution is 2.30. The monoisotopic (exact) mass is 350 g/mol. The molecule has 3 rings (SSSR count). The van der Waals surface area contributed by atoms with Crippen LogP contribution in [0.4, 0.5) is 13.2 Å². The molecule has 1 fully saturated rings. The molecule has 0 unspecified atom stereocenters. The highest BCUT2D eigenvalue weighted by atomic mass is 19.4. The number of nitriles is 1. The summed E-state index contributed by atoms with van der Waals surface area (Å²) in [6.07, 6.45) is -1.74. The van der Waals surface area contributed by atoms with Crippen LogP contribution in [0.15, 0.2) is 34.9 Å².